The number of rotatable bonds is 5. The highest BCUT2D eigenvalue weighted by Crippen LogP contribution is 2.31. The van der Waals surface area contributed by atoms with Crippen LogP contribution >= 0.6 is 0 Å². The van der Waals surface area contributed by atoms with Gasteiger partial charge in [0.1, 0.15) is 18.0 Å². The first kappa shape index (κ1) is 21.1. The number of benzene rings is 1. The van der Waals surface area contributed by atoms with E-state index >= 15 is 0 Å². The average molecular weight is 431 g/mol. The second-order valence-corrected chi connectivity index (χ2v) is 7.75. The molecule has 2 aliphatic heterocycles. The maximum Gasteiger partial charge on any atom is 0.265 e. The van der Waals surface area contributed by atoms with Crippen LogP contribution in [0.4, 0.5) is 24.7 Å². The molecule has 0 amide bonds. The van der Waals surface area contributed by atoms with Crippen molar-refractivity contribution in [2.75, 3.05) is 43.9 Å². The van der Waals surface area contributed by atoms with Gasteiger partial charge in [-0.05, 0) is 24.1 Å². The van der Waals surface area contributed by atoms with Crippen LogP contribution in [0.1, 0.15) is 29.7 Å². The van der Waals surface area contributed by atoms with E-state index in [1.165, 1.54) is 23.4 Å². The fraction of sp³-hybridized carbons (Fsp3) is 0.381. The Kier molecular flexibility index (Phi) is 5.57. The van der Waals surface area contributed by atoms with E-state index in [4.69, 9.17) is 5.41 Å². The number of alkyl halides is 2. The van der Waals surface area contributed by atoms with Crippen LogP contribution in [0.5, 0.6) is 0 Å². The summed E-state index contributed by atoms with van der Waals surface area (Å²) >= 11 is 0. The second kappa shape index (κ2) is 8.18. The molecule has 2 aromatic rings. The molecule has 0 aliphatic carbocycles. The third-order valence-electron chi connectivity index (χ3n) is 5.49. The highest BCUT2D eigenvalue weighted by atomic mass is 19.3. The minimum atomic E-state index is -2.77. The molecule has 10 heteroatoms. The molecular weight excluding hydrogens is 407 g/mol. The van der Waals surface area contributed by atoms with E-state index in [0.717, 1.165) is 5.57 Å². The SMILES string of the molecule is CNc1cc(F)c(C2=CN(C)NC2)cc1C(=N)c1cc(N2CCCC(F)(F)C2)ncn1. The summed E-state index contributed by atoms with van der Waals surface area (Å²) in [5, 5.41) is 13.4. The van der Waals surface area contributed by atoms with E-state index in [9.17, 15) is 13.2 Å². The second-order valence-electron chi connectivity index (χ2n) is 7.75. The summed E-state index contributed by atoms with van der Waals surface area (Å²) in [6.07, 6.45) is 3.30. The summed E-state index contributed by atoms with van der Waals surface area (Å²) in [5.41, 5.74) is 5.46. The molecule has 0 unspecified atom stereocenters. The van der Waals surface area contributed by atoms with E-state index in [-0.39, 0.29) is 17.8 Å². The molecule has 3 heterocycles. The summed E-state index contributed by atoms with van der Waals surface area (Å²) in [6.45, 7) is 0.532. The Labute approximate surface area is 178 Å². The lowest BCUT2D eigenvalue weighted by Gasteiger charge is -2.33. The van der Waals surface area contributed by atoms with Crippen molar-refractivity contribution in [3.05, 3.63) is 53.4 Å². The van der Waals surface area contributed by atoms with Gasteiger partial charge in [0.25, 0.3) is 5.92 Å². The van der Waals surface area contributed by atoms with Crippen molar-refractivity contribution in [1.29, 1.82) is 5.41 Å². The first-order valence-corrected chi connectivity index (χ1v) is 10.0. The standard InChI is InChI=1S/C21H24F3N7/c1-26-17-7-16(22)14(13-9-29-30(2)10-13)6-15(17)20(25)18-8-19(28-12-27-18)31-5-3-4-21(23,24)11-31/h6-8,10,12,25-26,29H,3-5,9,11H2,1-2H3. The maximum atomic E-state index is 14.7. The fourth-order valence-corrected chi connectivity index (χ4v) is 3.89. The monoisotopic (exact) mass is 431 g/mol. The first-order chi connectivity index (χ1) is 14.8. The number of halogens is 3. The van der Waals surface area contributed by atoms with Crippen LogP contribution in [-0.2, 0) is 0 Å². The van der Waals surface area contributed by atoms with Gasteiger partial charge in [0.15, 0.2) is 0 Å². The van der Waals surface area contributed by atoms with Crippen molar-refractivity contribution in [3.8, 4) is 0 Å². The van der Waals surface area contributed by atoms with Crippen LogP contribution in [-0.4, -0.2) is 60.3 Å². The van der Waals surface area contributed by atoms with Crippen molar-refractivity contribution < 1.29 is 13.2 Å². The Bertz CT molecular complexity index is 1040. The Hall–Kier alpha value is -3.14. The van der Waals surface area contributed by atoms with Crippen LogP contribution in [0.25, 0.3) is 5.57 Å². The van der Waals surface area contributed by atoms with E-state index < -0.39 is 18.3 Å². The van der Waals surface area contributed by atoms with Gasteiger partial charge in [-0.3, -0.25) is 5.41 Å². The van der Waals surface area contributed by atoms with Crippen LogP contribution in [0.2, 0.25) is 0 Å². The molecule has 0 bridgehead atoms. The number of hydrogen-bond acceptors (Lipinski definition) is 7. The molecule has 1 aromatic heterocycles. The van der Waals surface area contributed by atoms with E-state index in [1.807, 2.05) is 7.05 Å². The molecule has 164 valence electrons. The van der Waals surface area contributed by atoms with Crippen molar-refractivity contribution in [3.63, 3.8) is 0 Å². The quantitative estimate of drug-likeness (QED) is 0.632. The van der Waals surface area contributed by atoms with E-state index in [0.29, 0.717) is 42.1 Å². The van der Waals surface area contributed by atoms with Gasteiger partial charge in [-0.25, -0.2) is 28.6 Å². The maximum absolute atomic E-state index is 14.7. The average Bonchev–Trinajstić information content (AvgIpc) is 3.18. The summed E-state index contributed by atoms with van der Waals surface area (Å²) in [5.74, 6) is -2.81. The van der Waals surface area contributed by atoms with Crippen molar-refractivity contribution in [2.45, 2.75) is 18.8 Å². The zero-order valence-corrected chi connectivity index (χ0v) is 17.3. The number of piperidine rings is 1. The summed E-state index contributed by atoms with van der Waals surface area (Å²) in [4.78, 5) is 9.83. The molecular formula is C21H24F3N7. The lowest BCUT2D eigenvalue weighted by Crippen LogP contribution is -2.43. The minimum absolute atomic E-state index is 0.0536. The molecule has 1 fully saturated rings. The van der Waals surface area contributed by atoms with Gasteiger partial charge in [0, 0.05) is 62.7 Å². The smallest absolute Gasteiger partial charge is 0.265 e. The third kappa shape index (κ3) is 4.34. The summed E-state index contributed by atoms with van der Waals surface area (Å²) in [7, 11) is 3.47. The number of nitrogens with zero attached hydrogens (tertiary/aromatic N) is 4. The fourth-order valence-electron chi connectivity index (χ4n) is 3.89. The molecule has 4 rings (SSSR count). The van der Waals surface area contributed by atoms with Gasteiger partial charge < -0.3 is 15.2 Å². The first-order valence-electron chi connectivity index (χ1n) is 10.0. The Morgan fingerprint density at radius 3 is 2.74 bits per heavy atom. The Balaban J connectivity index is 1.69. The molecule has 3 N–H and O–H groups in total. The topological polar surface area (TPSA) is 80.2 Å². The predicted octanol–water partition coefficient (Wildman–Crippen LogP) is 3.10. The number of hydrazine groups is 1. The molecule has 2 aliphatic rings. The van der Waals surface area contributed by atoms with Crippen LogP contribution in [0.3, 0.4) is 0 Å². The number of aromatic nitrogens is 2. The predicted molar refractivity (Wildman–Crippen MR) is 114 cm³/mol. The molecule has 0 spiro atoms. The van der Waals surface area contributed by atoms with Crippen molar-refractivity contribution in [1.82, 2.24) is 20.4 Å². The molecule has 1 aromatic carbocycles. The molecule has 31 heavy (non-hydrogen) atoms. The molecule has 0 atom stereocenters. The summed E-state index contributed by atoms with van der Waals surface area (Å²) in [6, 6.07) is 4.51. The van der Waals surface area contributed by atoms with Crippen LogP contribution in [0, 0.1) is 11.2 Å². The minimum Gasteiger partial charge on any atom is -0.387 e. The number of anilines is 2. The lowest BCUT2D eigenvalue weighted by molar-refractivity contribution is -0.0118. The number of hydrogen-bond donors (Lipinski definition) is 3. The number of nitrogens with one attached hydrogen (secondary N) is 3. The lowest BCUT2D eigenvalue weighted by atomic mass is 9.97. The van der Waals surface area contributed by atoms with Crippen LogP contribution < -0.4 is 15.6 Å². The van der Waals surface area contributed by atoms with Gasteiger partial charge in [-0.1, -0.05) is 0 Å². The largest absolute Gasteiger partial charge is 0.387 e. The summed E-state index contributed by atoms with van der Waals surface area (Å²) < 4.78 is 42.4. The highest BCUT2D eigenvalue weighted by Gasteiger charge is 2.35. The zero-order chi connectivity index (χ0) is 22.2. The van der Waals surface area contributed by atoms with Crippen LogP contribution in [0.15, 0.2) is 30.7 Å². The molecule has 1 saturated heterocycles. The van der Waals surface area contributed by atoms with E-state index in [2.05, 4.69) is 20.7 Å². The van der Waals surface area contributed by atoms with E-state index in [1.54, 1.807) is 24.3 Å². The van der Waals surface area contributed by atoms with Crippen molar-refractivity contribution in [2.24, 2.45) is 0 Å². The van der Waals surface area contributed by atoms with Gasteiger partial charge in [0.05, 0.1) is 18.0 Å². The Morgan fingerprint density at radius 2 is 2.06 bits per heavy atom. The zero-order valence-electron chi connectivity index (χ0n) is 17.3. The Morgan fingerprint density at radius 1 is 1.26 bits per heavy atom. The molecule has 7 nitrogen and oxygen atoms in total. The third-order valence-corrected chi connectivity index (χ3v) is 5.49. The van der Waals surface area contributed by atoms with Gasteiger partial charge >= 0.3 is 0 Å². The van der Waals surface area contributed by atoms with Gasteiger partial charge in [0.2, 0.25) is 0 Å². The molecule has 0 radical (unpaired) electrons. The highest BCUT2D eigenvalue weighted by molar-refractivity contribution is 6.13. The van der Waals surface area contributed by atoms with Gasteiger partial charge in [-0.2, -0.15) is 0 Å². The van der Waals surface area contributed by atoms with Gasteiger partial charge in [-0.15, -0.1) is 0 Å². The molecule has 0 saturated carbocycles. The normalized spacial score (nSPS) is 18.2. The van der Waals surface area contributed by atoms with Crippen molar-refractivity contribution >= 4 is 22.8 Å².